The molecule has 3 aromatic carbocycles. The SMILES string of the molecule is NCC(=O)O[C@H]1CC[C@H](Nc2cc(-n3c4ccccc4c4c(-c5cnc6ccccc6c5)cccc43)cnc2C(N)=O)CC1. The highest BCUT2D eigenvalue weighted by Crippen LogP contribution is 2.39. The Balaban J connectivity index is 1.30. The van der Waals surface area contributed by atoms with Crippen molar-refractivity contribution in [3.8, 4) is 16.8 Å². The second-order valence-corrected chi connectivity index (χ2v) is 11.2. The van der Waals surface area contributed by atoms with E-state index in [4.69, 9.17) is 21.2 Å². The summed E-state index contributed by atoms with van der Waals surface area (Å²) in [6.45, 7) is -0.123. The predicted octanol–water partition coefficient (Wildman–Crippen LogP) is 5.72. The highest BCUT2D eigenvalue weighted by atomic mass is 16.5. The lowest BCUT2D eigenvalue weighted by atomic mass is 9.92. The zero-order valence-electron chi connectivity index (χ0n) is 24.1. The molecule has 6 aromatic rings. The number of nitrogens with zero attached hydrogens (tertiary/aromatic N) is 3. The molecule has 1 aliphatic carbocycles. The highest BCUT2D eigenvalue weighted by Gasteiger charge is 2.25. The fourth-order valence-corrected chi connectivity index (χ4v) is 6.42. The van der Waals surface area contributed by atoms with Crippen molar-refractivity contribution in [2.45, 2.75) is 37.8 Å². The van der Waals surface area contributed by atoms with Crippen LogP contribution in [0.25, 0.3) is 49.5 Å². The van der Waals surface area contributed by atoms with Gasteiger partial charge in [0.15, 0.2) is 5.69 Å². The largest absolute Gasteiger partial charge is 0.461 e. The van der Waals surface area contributed by atoms with Crippen LogP contribution in [-0.2, 0) is 9.53 Å². The predicted molar refractivity (Wildman–Crippen MR) is 173 cm³/mol. The fraction of sp³-hybridized carbons (Fsp3) is 0.200. The zero-order valence-corrected chi connectivity index (χ0v) is 24.1. The first-order valence-electron chi connectivity index (χ1n) is 14.8. The van der Waals surface area contributed by atoms with Crippen LogP contribution in [0.4, 0.5) is 5.69 Å². The van der Waals surface area contributed by atoms with E-state index in [1.165, 1.54) is 0 Å². The molecular weight excluding hydrogens is 552 g/mol. The Kier molecular flexibility index (Phi) is 7.15. The number of nitrogens with one attached hydrogen (secondary N) is 1. The Hall–Kier alpha value is -5.28. The Morgan fingerprint density at radius 3 is 2.48 bits per heavy atom. The summed E-state index contributed by atoms with van der Waals surface area (Å²) in [6.07, 6.45) is 6.44. The molecule has 1 saturated carbocycles. The van der Waals surface area contributed by atoms with E-state index in [-0.39, 0.29) is 30.4 Å². The minimum absolute atomic E-state index is 0.0723. The van der Waals surface area contributed by atoms with Crippen molar-refractivity contribution in [2.24, 2.45) is 11.5 Å². The van der Waals surface area contributed by atoms with E-state index in [0.29, 0.717) is 18.5 Å². The quantitative estimate of drug-likeness (QED) is 0.204. The van der Waals surface area contributed by atoms with E-state index in [2.05, 4.69) is 57.3 Å². The summed E-state index contributed by atoms with van der Waals surface area (Å²) in [5, 5.41) is 6.82. The van der Waals surface area contributed by atoms with Crippen molar-refractivity contribution < 1.29 is 14.3 Å². The molecule has 3 aromatic heterocycles. The zero-order chi connectivity index (χ0) is 30.2. The molecule has 1 fully saturated rings. The van der Waals surface area contributed by atoms with E-state index in [1.54, 1.807) is 6.20 Å². The summed E-state index contributed by atoms with van der Waals surface area (Å²) in [4.78, 5) is 33.3. The first-order chi connectivity index (χ1) is 21.5. The number of ether oxygens (including phenoxy) is 1. The van der Waals surface area contributed by atoms with Crippen LogP contribution in [0.15, 0.2) is 91.3 Å². The number of rotatable bonds is 7. The number of carbonyl (C=O) groups excluding carboxylic acids is 2. The summed E-state index contributed by atoms with van der Waals surface area (Å²) in [6, 6.07) is 26.9. The molecule has 1 aliphatic rings. The van der Waals surface area contributed by atoms with Gasteiger partial charge in [-0.2, -0.15) is 0 Å². The van der Waals surface area contributed by atoms with Gasteiger partial charge in [0.05, 0.1) is 40.7 Å². The van der Waals surface area contributed by atoms with Crippen molar-refractivity contribution >= 4 is 50.3 Å². The second-order valence-electron chi connectivity index (χ2n) is 11.2. The molecule has 5 N–H and O–H groups in total. The van der Waals surface area contributed by atoms with Gasteiger partial charge in [-0.1, -0.05) is 48.5 Å². The number of esters is 1. The van der Waals surface area contributed by atoms with Gasteiger partial charge in [0.1, 0.15) is 6.10 Å². The van der Waals surface area contributed by atoms with Crippen LogP contribution in [0.3, 0.4) is 0 Å². The molecule has 0 atom stereocenters. The number of nitrogens with two attached hydrogens (primary N) is 2. The lowest BCUT2D eigenvalue weighted by Gasteiger charge is -2.30. The number of pyridine rings is 2. The standard InChI is InChI=1S/C35H32N6O3/c36-18-32(42)44-25-14-12-23(13-15-25)40-29-17-24(20-39-34(29)35(37)43)41-30-10-4-2-7-27(30)33-26(8-5-11-31(33)41)22-16-21-6-1-3-9-28(21)38-19-22/h1-11,16-17,19-20,23,25,40H,12-15,18,36H2,(H2,37,43)/t23-,25-. The Labute approximate surface area is 253 Å². The topological polar surface area (TPSA) is 138 Å². The van der Waals surface area contributed by atoms with Gasteiger partial charge in [-0.3, -0.25) is 14.6 Å². The molecule has 44 heavy (non-hydrogen) atoms. The summed E-state index contributed by atoms with van der Waals surface area (Å²) >= 11 is 0. The molecule has 0 unspecified atom stereocenters. The molecule has 0 bridgehead atoms. The van der Waals surface area contributed by atoms with Crippen molar-refractivity contribution in [3.63, 3.8) is 0 Å². The molecule has 0 radical (unpaired) electrons. The normalized spacial score (nSPS) is 16.8. The third-order valence-electron chi connectivity index (χ3n) is 8.46. The fourth-order valence-electron chi connectivity index (χ4n) is 6.42. The van der Waals surface area contributed by atoms with Gasteiger partial charge < -0.3 is 26.1 Å². The molecule has 7 rings (SSSR count). The Morgan fingerprint density at radius 1 is 0.886 bits per heavy atom. The molecule has 220 valence electrons. The maximum atomic E-state index is 12.4. The molecule has 0 saturated heterocycles. The maximum Gasteiger partial charge on any atom is 0.319 e. The van der Waals surface area contributed by atoms with Crippen LogP contribution in [0.2, 0.25) is 0 Å². The summed E-state index contributed by atoms with van der Waals surface area (Å²) in [5.74, 6) is -0.988. The highest BCUT2D eigenvalue weighted by molar-refractivity contribution is 6.16. The number of hydrogen-bond donors (Lipinski definition) is 3. The summed E-state index contributed by atoms with van der Waals surface area (Å²) in [7, 11) is 0. The van der Waals surface area contributed by atoms with Crippen LogP contribution < -0.4 is 16.8 Å². The Morgan fingerprint density at radius 2 is 1.66 bits per heavy atom. The van der Waals surface area contributed by atoms with Crippen LogP contribution >= 0.6 is 0 Å². The second kappa shape index (κ2) is 11.4. The average Bonchev–Trinajstić information content (AvgIpc) is 3.40. The van der Waals surface area contributed by atoms with Gasteiger partial charge in [-0.25, -0.2) is 4.98 Å². The van der Waals surface area contributed by atoms with E-state index >= 15 is 0 Å². The number of amides is 1. The number of aromatic nitrogens is 3. The first kappa shape index (κ1) is 27.5. The molecule has 9 nitrogen and oxygen atoms in total. The maximum absolute atomic E-state index is 12.4. The van der Waals surface area contributed by atoms with Crippen LogP contribution in [0.1, 0.15) is 36.2 Å². The Bertz CT molecular complexity index is 2040. The number of carbonyl (C=O) groups is 2. The van der Waals surface area contributed by atoms with Crippen molar-refractivity contribution in [3.05, 3.63) is 97.0 Å². The van der Waals surface area contributed by atoms with Crippen LogP contribution in [0.5, 0.6) is 0 Å². The van der Waals surface area contributed by atoms with Gasteiger partial charge >= 0.3 is 5.97 Å². The van der Waals surface area contributed by atoms with Gasteiger partial charge in [-0.15, -0.1) is 0 Å². The lowest BCUT2D eigenvalue weighted by Crippen LogP contribution is -2.33. The molecule has 0 aliphatic heterocycles. The molecule has 1 amide bonds. The summed E-state index contributed by atoms with van der Waals surface area (Å²) < 4.78 is 7.60. The van der Waals surface area contributed by atoms with Crippen molar-refractivity contribution in [1.29, 1.82) is 0 Å². The molecule has 0 spiro atoms. The number of anilines is 1. The first-order valence-corrected chi connectivity index (χ1v) is 14.8. The smallest absolute Gasteiger partial charge is 0.319 e. The minimum Gasteiger partial charge on any atom is -0.461 e. The van der Waals surface area contributed by atoms with Crippen LogP contribution in [-0.4, -0.2) is 45.1 Å². The van der Waals surface area contributed by atoms with Crippen LogP contribution in [0, 0.1) is 0 Å². The molecular formula is C35H32N6O3. The van der Waals surface area contributed by atoms with Gasteiger partial charge in [0.2, 0.25) is 0 Å². The number of hydrogen-bond acceptors (Lipinski definition) is 7. The van der Waals surface area contributed by atoms with Crippen molar-refractivity contribution in [1.82, 2.24) is 14.5 Å². The number of primary amides is 1. The van der Waals surface area contributed by atoms with Gasteiger partial charge in [0.25, 0.3) is 5.91 Å². The number of para-hydroxylation sites is 2. The monoisotopic (exact) mass is 584 g/mol. The van der Waals surface area contributed by atoms with Gasteiger partial charge in [0, 0.05) is 34.0 Å². The van der Waals surface area contributed by atoms with Gasteiger partial charge in [-0.05, 0) is 61.6 Å². The van der Waals surface area contributed by atoms with E-state index < -0.39 is 5.91 Å². The van der Waals surface area contributed by atoms with E-state index in [1.807, 2.05) is 42.6 Å². The van der Waals surface area contributed by atoms with E-state index in [9.17, 15) is 9.59 Å². The van der Waals surface area contributed by atoms with Crippen molar-refractivity contribution in [2.75, 3.05) is 11.9 Å². The third-order valence-corrected chi connectivity index (χ3v) is 8.46. The minimum atomic E-state index is -0.599. The molecule has 3 heterocycles. The summed E-state index contributed by atoms with van der Waals surface area (Å²) in [5.41, 5.74) is 17.9. The van der Waals surface area contributed by atoms with E-state index in [0.717, 1.165) is 62.4 Å². The lowest BCUT2D eigenvalue weighted by molar-refractivity contribution is -0.148. The number of benzene rings is 3. The number of fused-ring (bicyclic) bond motifs is 4. The molecule has 9 heteroatoms. The average molecular weight is 585 g/mol. The third kappa shape index (κ3) is 5.01.